The fourth-order valence-corrected chi connectivity index (χ4v) is 10.7. The van der Waals surface area contributed by atoms with Gasteiger partial charge in [-0.15, -0.1) is 0 Å². The Morgan fingerprint density at radius 2 is 1.40 bits per heavy atom. The highest BCUT2D eigenvalue weighted by Crippen LogP contribution is 2.69. The van der Waals surface area contributed by atoms with E-state index in [1.54, 1.807) is 11.1 Å². The molecular weight excluding hydrogens is 316 g/mol. The molecule has 0 bridgehead atoms. The van der Waals surface area contributed by atoms with E-state index >= 15 is 0 Å². The largest absolute Gasteiger partial charge is 0.0764 e. The Balaban J connectivity index is 1.30. The Kier molecular flexibility index (Phi) is 3.43. The van der Waals surface area contributed by atoms with Crippen molar-refractivity contribution >= 4 is 20.2 Å². The highest BCUT2D eigenvalue weighted by molar-refractivity contribution is 6.91. The monoisotopic (exact) mass is 342 g/mol. The lowest BCUT2D eigenvalue weighted by Gasteiger charge is -2.13. The molecule has 2 aromatic rings. The van der Waals surface area contributed by atoms with Gasteiger partial charge in [0, 0.05) is 11.8 Å². The van der Waals surface area contributed by atoms with Gasteiger partial charge in [0.2, 0.25) is 0 Å². The summed E-state index contributed by atoms with van der Waals surface area (Å²) in [4.78, 5) is 0. The summed E-state index contributed by atoms with van der Waals surface area (Å²) in [6.45, 7) is 5.24. The van der Waals surface area contributed by atoms with E-state index < -0.39 is 8.07 Å². The zero-order valence-electron chi connectivity index (χ0n) is 15.2. The number of benzene rings is 2. The fraction of sp³-hybridized carbons (Fsp3) is 0.333. The van der Waals surface area contributed by atoms with Crippen molar-refractivity contribution in [2.24, 2.45) is 0 Å². The molecule has 0 spiro atoms. The van der Waals surface area contributed by atoms with E-state index in [1.807, 2.05) is 0 Å². The average Bonchev–Trinajstić information content (AvgIpc) is 3.01. The molecule has 3 aliphatic rings. The maximum atomic E-state index is 2.62. The maximum Gasteiger partial charge on any atom is 0.0545 e. The first-order valence-electron chi connectivity index (χ1n) is 9.70. The summed E-state index contributed by atoms with van der Waals surface area (Å²) >= 11 is 0. The third-order valence-electron chi connectivity index (χ3n) is 7.06. The molecule has 1 aliphatic heterocycles. The van der Waals surface area contributed by atoms with Crippen molar-refractivity contribution in [1.29, 1.82) is 0 Å². The number of rotatable bonds is 4. The van der Waals surface area contributed by atoms with Gasteiger partial charge in [-0.1, -0.05) is 92.3 Å². The highest BCUT2D eigenvalue weighted by atomic mass is 28.3. The molecule has 1 fully saturated rings. The van der Waals surface area contributed by atoms with Gasteiger partial charge in [0.1, 0.15) is 0 Å². The quantitative estimate of drug-likeness (QED) is 0.533. The van der Waals surface area contributed by atoms with E-state index in [1.165, 1.54) is 24.0 Å². The van der Waals surface area contributed by atoms with E-state index in [0.717, 1.165) is 11.1 Å². The van der Waals surface area contributed by atoms with Crippen LogP contribution in [0.15, 0.2) is 60.7 Å². The molecule has 25 heavy (non-hydrogen) atoms. The van der Waals surface area contributed by atoms with Gasteiger partial charge in [-0.25, -0.2) is 0 Å². The molecule has 1 heterocycles. The molecule has 0 aromatic heterocycles. The van der Waals surface area contributed by atoms with Gasteiger partial charge >= 0.3 is 0 Å². The normalized spacial score (nSPS) is 30.3. The lowest BCUT2D eigenvalue weighted by molar-refractivity contribution is 0.649. The first-order chi connectivity index (χ1) is 12.2. The Morgan fingerprint density at radius 3 is 2.20 bits per heavy atom. The predicted octanol–water partition coefficient (Wildman–Crippen LogP) is 6.85. The summed E-state index contributed by atoms with van der Waals surface area (Å²) in [5.74, 6) is 1.34. The number of hydrogen-bond donors (Lipinski definition) is 0. The van der Waals surface area contributed by atoms with Gasteiger partial charge in [-0.2, -0.15) is 0 Å². The summed E-state index contributed by atoms with van der Waals surface area (Å²) in [5.41, 5.74) is 7.94. The first kappa shape index (κ1) is 15.4. The van der Waals surface area contributed by atoms with E-state index in [-0.39, 0.29) is 0 Å². The van der Waals surface area contributed by atoms with Gasteiger partial charge in [0.25, 0.3) is 0 Å². The molecule has 1 heteroatoms. The Bertz CT molecular complexity index is 873. The van der Waals surface area contributed by atoms with Crippen molar-refractivity contribution in [3.63, 3.8) is 0 Å². The molecule has 0 nitrogen and oxygen atoms in total. The zero-order chi connectivity index (χ0) is 17.0. The predicted molar refractivity (Wildman–Crippen MR) is 111 cm³/mol. The van der Waals surface area contributed by atoms with Crippen LogP contribution in [-0.2, 0) is 0 Å². The summed E-state index contributed by atoms with van der Waals surface area (Å²) in [7, 11) is -1.09. The Labute approximate surface area is 152 Å². The van der Waals surface area contributed by atoms with Crippen molar-refractivity contribution in [1.82, 2.24) is 0 Å². The molecule has 5 rings (SSSR count). The van der Waals surface area contributed by atoms with E-state index in [9.17, 15) is 0 Å². The van der Waals surface area contributed by atoms with Gasteiger partial charge in [-0.05, 0) is 39.8 Å². The van der Waals surface area contributed by atoms with Crippen LogP contribution in [0.1, 0.15) is 46.9 Å². The molecule has 0 amide bonds. The summed E-state index contributed by atoms with van der Waals surface area (Å²) in [5, 5.41) is 0. The van der Waals surface area contributed by atoms with Crippen molar-refractivity contribution in [3.05, 3.63) is 82.9 Å². The van der Waals surface area contributed by atoms with Crippen molar-refractivity contribution in [3.8, 4) is 0 Å². The molecule has 1 saturated heterocycles. The van der Waals surface area contributed by atoms with E-state index in [0.29, 0.717) is 11.8 Å². The lowest BCUT2D eigenvalue weighted by atomic mass is 9.91. The summed E-state index contributed by atoms with van der Waals surface area (Å²) < 4.78 is 0. The fourth-order valence-electron chi connectivity index (χ4n) is 5.58. The van der Waals surface area contributed by atoms with Crippen molar-refractivity contribution < 1.29 is 0 Å². The zero-order valence-corrected chi connectivity index (χ0v) is 16.2. The van der Waals surface area contributed by atoms with Crippen LogP contribution in [0.3, 0.4) is 0 Å². The summed E-state index contributed by atoms with van der Waals surface area (Å²) in [6.07, 6.45) is 12.3. The number of fused-ring (bicyclic) bond motifs is 2. The minimum Gasteiger partial charge on any atom is -0.0764 e. The van der Waals surface area contributed by atoms with Crippen LogP contribution in [0.25, 0.3) is 12.2 Å². The molecule has 0 saturated carbocycles. The van der Waals surface area contributed by atoms with Gasteiger partial charge in [0.15, 0.2) is 0 Å². The first-order valence-corrected chi connectivity index (χ1v) is 12.9. The third kappa shape index (κ3) is 2.40. The average molecular weight is 343 g/mol. The maximum absolute atomic E-state index is 2.62. The van der Waals surface area contributed by atoms with Crippen LogP contribution < -0.4 is 0 Å². The van der Waals surface area contributed by atoms with Crippen LogP contribution >= 0.6 is 0 Å². The second-order valence-electron chi connectivity index (χ2n) is 8.64. The second kappa shape index (κ2) is 5.57. The van der Waals surface area contributed by atoms with Crippen molar-refractivity contribution in [2.75, 3.05) is 0 Å². The molecule has 126 valence electrons. The van der Waals surface area contributed by atoms with Gasteiger partial charge in [0.05, 0.1) is 8.07 Å². The summed E-state index contributed by atoms with van der Waals surface area (Å²) in [6, 6.07) is 17.9. The van der Waals surface area contributed by atoms with Crippen LogP contribution in [-0.4, -0.2) is 8.07 Å². The number of allylic oxidation sites excluding steroid dienone is 2. The third-order valence-corrected chi connectivity index (χ3v) is 11.7. The minimum absolute atomic E-state index is 0.647. The molecular formula is C24H26Si. The lowest BCUT2D eigenvalue weighted by Crippen LogP contribution is -2.07. The molecule has 0 N–H and O–H groups in total. The molecule has 0 radical (unpaired) electrons. The van der Waals surface area contributed by atoms with Crippen LogP contribution in [0, 0.1) is 0 Å². The number of hydrogen-bond acceptors (Lipinski definition) is 0. The van der Waals surface area contributed by atoms with Crippen molar-refractivity contribution in [2.45, 2.75) is 48.9 Å². The van der Waals surface area contributed by atoms with Crippen LogP contribution in [0.5, 0.6) is 0 Å². The Morgan fingerprint density at radius 1 is 0.760 bits per heavy atom. The van der Waals surface area contributed by atoms with Crippen LogP contribution in [0.4, 0.5) is 0 Å². The van der Waals surface area contributed by atoms with Crippen LogP contribution in [0.2, 0.25) is 24.2 Å². The molecule has 2 aliphatic carbocycles. The molecule has 2 aromatic carbocycles. The molecule has 4 unspecified atom stereocenters. The van der Waals surface area contributed by atoms with Gasteiger partial charge in [-0.3, -0.25) is 0 Å². The molecule has 4 atom stereocenters. The highest BCUT2D eigenvalue weighted by Gasteiger charge is 2.61. The minimum atomic E-state index is -1.09. The second-order valence-corrected chi connectivity index (χ2v) is 13.7. The van der Waals surface area contributed by atoms with E-state index in [2.05, 4.69) is 85.9 Å². The SMILES string of the molecule is C[Si]1(C)C(CCC2C=Cc3ccccc32)C1C1C=Cc2ccccc21. The standard InChI is InChI=1S/C24H26Si/c1-25(2)23(16-14-19-12-11-17-7-3-5-9-20(17)19)24(25)22-15-13-18-8-4-6-10-21(18)22/h3-13,15,19,22-24H,14,16H2,1-2H3. The van der Waals surface area contributed by atoms with Gasteiger partial charge < -0.3 is 0 Å². The van der Waals surface area contributed by atoms with E-state index in [4.69, 9.17) is 0 Å². The Hall–Kier alpha value is -1.86. The smallest absolute Gasteiger partial charge is 0.0545 e. The topological polar surface area (TPSA) is 0 Å².